The highest BCUT2D eigenvalue weighted by Crippen LogP contribution is 2.37. The minimum atomic E-state index is -3.10. The number of carbonyl (C=O) groups excluding carboxylic acids is 1. The molecular weight excluding hydrogens is 435 g/mol. The molecule has 3 aromatic rings. The van der Waals surface area contributed by atoms with E-state index in [-0.39, 0.29) is 22.2 Å². The number of halogens is 4. The predicted molar refractivity (Wildman–Crippen MR) is 103 cm³/mol. The Morgan fingerprint density at radius 1 is 1.18 bits per heavy atom. The normalized spacial score (nSPS) is 10.8. The van der Waals surface area contributed by atoms with Gasteiger partial charge in [0.1, 0.15) is 11.5 Å². The molecule has 0 aliphatic carbocycles. The number of benzene rings is 2. The number of carbonyl (C=O) groups is 1. The molecule has 0 fully saturated rings. The van der Waals surface area contributed by atoms with Crippen molar-refractivity contribution in [3.63, 3.8) is 0 Å². The zero-order chi connectivity index (χ0) is 20.3. The molecule has 0 bridgehead atoms. The third-order valence-corrected chi connectivity index (χ3v) is 4.96. The molecular formula is C17H11Cl2F2N3O3S. The summed E-state index contributed by atoms with van der Waals surface area (Å²) in [4.78, 5) is 12.5. The molecule has 0 spiro atoms. The summed E-state index contributed by atoms with van der Waals surface area (Å²) in [7, 11) is 1.36. The maximum absolute atomic E-state index is 12.7. The first-order valence-corrected chi connectivity index (χ1v) is 9.18. The van der Waals surface area contributed by atoms with Gasteiger partial charge in [0.2, 0.25) is 5.13 Å². The fourth-order valence-corrected chi connectivity index (χ4v) is 3.75. The predicted octanol–water partition coefficient (Wildman–Crippen LogP) is 5.37. The van der Waals surface area contributed by atoms with Crippen LogP contribution in [0.1, 0.15) is 10.4 Å². The summed E-state index contributed by atoms with van der Waals surface area (Å²) in [5, 5.41) is 11.6. The molecule has 0 unspecified atom stereocenters. The summed E-state index contributed by atoms with van der Waals surface area (Å²) in [6, 6.07) is 8.92. The van der Waals surface area contributed by atoms with E-state index >= 15 is 0 Å². The Hall–Kier alpha value is -2.49. The van der Waals surface area contributed by atoms with Gasteiger partial charge in [-0.1, -0.05) is 40.6 Å². The van der Waals surface area contributed by atoms with E-state index in [0.29, 0.717) is 20.6 Å². The second-order valence-corrected chi connectivity index (χ2v) is 7.00. The lowest BCUT2D eigenvalue weighted by Crippen LogP contribution is -2.15. The molecule has 1 N–H and O–H groups in total. The van der Waals surface area contributed by atoms with Crippen LogP contribution in [-0.2, 0) is 0 Å². The largest absolute Gasteiger partial charge is 0.497 e. The number of amides is 1. The Kier molecular flexibility index (Phi) is 6.28. The number of alkyl halides is 2. The standard InChI is InChI=1S/C17H11Cl2F2N3O3S/c1-26-8-5-6-9(12(7-8)27-16(20)21)14(25)22-17-24-23-15(28-17)13-10(18)3-2-4-11(13)19/h2-7,16H,1H3,(H,22,24,25). The lowest BCUT2D eigenvalue weighted by Gasteiger charge is -2.11. The van der Waals surface area contributed by atoms with E-state index in [4.69, 9.17) is 27.9 Å². The molecule has 6 nitrogen and oxygen atoms in total. The van der Waals surface area contributed by atoms with Crippen LogP contribution < -0.4 is 14.8 Å². The highest BCUT2D eigenvalue weighted by Gasteiger charge is 2.20. The van der Waals surface area contributed by atoms with Crippen molar-refractivity contribution in [2.75, 3.05) is 12.4 Å². The second kappa shape index (κ2) is 8.68. The smallest absolute Gasteiger partial charge is 0.387 e. The molecule has 146 valence electrons. The second-order valence-electron chi connectivity index (χ2n) is 5.20. The Morgan fingerprint density at radius 3 is 2.54 bits per heavy atom. The average Bonchev–Trinajstić information content (AvgIpc) is 3.08. The summed E-state index contributed by atoms with van der Waals surface area (Å²) >= 11 is 13.3. The van der Waals surface area contributed by atoms with E-state index in [1.54, 1.807) is 18.2 Å². The Bertz CT molecular complexity index is 997. The van der Waals surface area contributed by atoms with E-state index in [1.165, 1.54) is 25.3 Å². The van der Waals surface area contributed by atoms with Crippen LogP contribution in [0.4, 0.5) is 13.9 Å². The van der Waals surface area contributed by atoms with Crippen LogP contribution in [0.2, 0.25) is 10.0 Å². The minimum absolute atomic E-state index is 0.117. The highest BCUT2D eigenvalue weighted by molar-refractivity contribution is 7.18. The van der Waals surface area contributed by atoms with E-state index in [2.05, 4.69) is 20.3 Å². The quantitative estimate of drug-likeness (QED) is 0.551. The number of rotatable bonds is 6. The zero-order valence-electron chi connectivity index (χ0n) is 14.1. The summed E-state index contributed by atoms with van der Waals surface area (Å²) in [5.41, 5.74) is 0.364. The van der Waals surface area contributed by atoms with Gasteiger partial charge >= 0.3 is 6.61 Å². The molecule has 0 saturated heterocycles. The van der Waals surface area contributed by atoms with Crippen LogP contribution in [0.3, 0.4) is 0 Å². The lowest BCUT2D eigenvalue weighted by atomic mass is 10.2. The molecule has 0 aliphatic heterocycles. The van der Waals surface area contributed by atoms with Crippen molar-refractivity contribution in [2.24, 2.45) is 0 Å². The molecule has 0 atom stereocenters. The van der Waals surface area contributed by atoms with Gasteiger partial charge in [0.05, 0.1) is 22.7 Å². The number of hydrogen-bond acceptors (Lipinski definition) is 6. The fourth-order valence-electron chi connectivity index (χ4n) is 2.25. The number of nitrogens with one attached hydrogen (secondary N) is 1. The first-order chi connectivity index (χ1) is 13.4. The van der Waals surface area contributed by atoms with Crippen molar-refractivity contribution in [2.45, 2.75) is 6.61 Å². The minimum Gasteiger partial charge on any atom is -0.497 e. The van der Waals surface area contributed by atoms with Crippen LogP contribution in [0, 0.1) is 0 Å². The molecule has 1 amide bonds. The van der Waals surface area contributed by atoms with Gasteiger partial charge in [-0.25, -0.2) is 0 Å². The number of nitrogens with zero attached hydrogens (tertiary/aromatic N) is 2. The monoisotopic (exact) mass is 445 g/mol. The van der Waals surface area contributed by atoms with Gasteiger partial charge in [0.15, 0.2) is 5.01 Å². The number of ether oxygens (including phenoxy) is 2. The molecule has 2 aromatic carbocycles. The molecule has 11 heteroatoms. The fraction of sp³-hybridized carbons (Fsp3) is 0.118. The van der Waals surface area contributed by atoms with Gasteiger partial charge in [0.25, 0.3) is 5.91 Å². The third kappa shape index (κ3) is 4.49. The van der Waals surface area contributed by atoms with Gasteiger partial charge in [0, 0.05) is 11.6 Å². The van der Waals surface area contributed by atoms with Crippen molar-refractivity contribution in [1.29, 1.82) is 0 Å². The summed E-state index contributed by atoms with van der Waals surface area (Å²) in [6.07, 6.45) is 0. The van der Waals surface area contributed by atoms with E-state index in [9.17, 15) is 13.6 Å². The molecule has 1 aromatic heterocycles. The maximum atomic E-state index is 12.7. The van der Waals surface area contributed by atoms with Crippen molar-refractivity contribution in [3.05, 3.63) is 52.0 Å². The van der Waals surface area contributed by atoms with E-state index in [1.807, 2.05) is 0 Å². The van der Waals surface area contributed by atoms with Crippen molar-refractivity contribution in [1.82, 2.24) is 10.2 Å². The first-order valence-electron chi connectivity index (χ1n) is 7.61. The number of anilines is 1. The van der Waals surface area contributed by atoms with E-state index in [0.717, 1.165) is 11.3 Å². The topological polar surface area (TPSA) is 73.3 Å². The first kappa shape index (κ1) is 20.2. The molecule has 0 aliphatic rings. The Morgan fingerprint density at radius 2 is 1.89 bits per heavy atom. The van der Waals surface area contributed by atoms with Crippen LogP contribution in [-0.4, -0.2) is 29.8 Å². The van der Waals surface area contributed by atoms with Gasteiger partial charge in [-0.2, -0.15) is 8.78 Å². The number of methoxy groups -OCH3 is 1. The molecule has 0 saturated carbocycles. The number of aromatic nitrogens is 2. The lowest BCUT2D eigenvalue weighted by molar-refractivity contribution is -0.0502. The van der Waals surface area contributed by atoms with Crippen molar-refractivity contribution >= 4 is 45.6 Å². The van der Waals surface area contributed by atoms with Crippen molar-refractivity contribution in [3.8, 4) is 22.1 Å². The molecule has 1 heterocycles. The van der Waals surface area contributed by atoms with Crippen molar-refractivity contribution < 1.29 is 23.0 Å². The Labute approximate surface area is 172 Å². The molecule has 28 heavy (non-hydrogen) atoms. The van der Waals surface area contributed by atoms with Gasteiger partial charge in [-0.05, 0) is 24.3 Å². The van der Waals surface area contributed by atoms with Gasteiger partial charge in [-0.3, -0.25) is 10.1 Å². The highest BCUT2D eigenvalue weighted by atomic mass is 35.5. The van der Waals surface area contributed by atoms with Gasteiger partial charge < -0.3 is 9.47 Å². The third-order valence-electron chi connectivity index (χ3n) is 3.47. The molecule has 3 rings (SSSR count). The van der Waals surface area contributed by atoms with E-state index < -0.39 is 12.5 Å². The summed E-state index contributed by atoms with van der Waals surface area (Å²) < 4.78 is 34.7. The molecule has 0 radical (unpaired) electrons. The average molecular weight is 446 g/mol. The van der Waals surface area contributed by atoms with Crippen LogP contribution in [0.15, 0.2) is 36.4 Å². The van der Waals surface area contributed by atoms with Crippen LogP contribution in [0.5, 0.6) is 11.5 Å². The van der Waals surface area contributed by atoms with Crippen LogP contribution >= 0.6 is 34.5 Å². The number of hydrogen-bond donors (Lipinski definition) is 1. The SMILES string of the molecule is COc1ccc(C(=O)Nc2nnc(-c3c(Cl)cccc3Cl)s2)c(OC(F)F)c1. The van der Waals surface area contributed by atoms with Crippen LogP contribution in [0.25, 0.3) is 10.6 Å². The Balaban J connectivity index is 1.85. The summed E-state index contributed by atoms with van der Waals surface area (Å²) in [5.74, 6) is -0.768. The summed E-state index contributed by atoms with van der Waals surface area (Å²) in [6.45, 7) is -3.10. The van der Waals surface area contributed by atoms with Gasteiger partial charge in [-0.15, -0.1) is 10.2 Å². The maximum Gasteiger partial charge on any atom is 0.387 e. The zero-order valence-corrected chi connectivity index (χ0v) is 16.4.